The molecule has 0 unspecified atom stereocenters. The molecule has 4 heteroatoms. The molecule has 1 aromatic rings. The Morgan fingerprint density at radius 1 is 1.35 bits per heavy atom. The SMILES string of the molecule is COc1cccc(N(C)C(=O)C2(CN)CCCCC2)c1. The van der Waals surface area contributed by atoms with Crippen molar-refractivity contribution in [2.45, 2.75) is 32.1 Å². The number of anilines is 1. The van der Waals surface area contributed by atoms with E-state index in [1.807, 2.05) is 31.3 Å². The second kappa shape index (κ2) is 6.27. The Kier molecular flexibility index (Phi) is 4.65. The van der Waals surface area contributed by atoms with Crippen LogP contribution in [0.25, 0.3) is 0 Å². The second-order valence-corrected chi connectivity index (χ2v) is 5.61. The molecule has 4 nitrogen and oxygen atoms in total. The lowest BCUT2D eigenvalue weighted by molar-refractivity contribution is -0.129. The van der Waals surface area contributed by atoms with Gasteiger partial charge < -0.3 is 15.4 Å². The molecule has 0 aliphatic heterocycles. The monoisotopic (exact) mass is 276 g/mol. The van der Waals surface area contributed by atoms with Gasteiger partial charge in [-0.3, -0.25) is 4.79 Å². The third-order valence-electron chi connectivity index (χ3n) is 4.40. The van der Waals surface area contributed by atoms with Gasteiger partial charge >= 0.3 is 0 Å². The van der Waals surface area contributed by atoms with Crippen LogP contribution in [0.15, 0.2) is 24.3 Å². The molecule has 1 aliphatic carbocycles. The Balaban J connectivity index is 2.22. The lowest BCUT2D eigenvalue weighted by Gasteiger charge is -2.37. The van der Waals surface area contributed by atoms with Crippen LogP contribution in [0.1, 0.15) is 32.1 Å². The number of nitrogens with zero attached hydrogens (tertiary/aromatic N) is 1. The molecule has 0 heterocycles. The highest BCUT2D eigenvalue weighted by molar-refractivity contribution is 5.97. The Morgan fingerprint density at radius 3 is 2.65 bits per heavy atom. The first-order valence-corrected chi connectivity index (χ1v) is 7.25. The third kappa shape index (κ3) is 2.80. The molecule has 0 bridgehead atoms. The second-order valence-electron chi connectivity index (χ2n) is 5.61. The molecule has 0 aromatic heterocycles. The first-order chi connectivity index (χ1) is 9.63. The molecule has 0 radical (unpaired) electrons. The van der Waals surface area contributed by atoms with Gasteiger partial charge in [-0.15, -0.1) is 0 Å². The van der Waals surface area contributed by atoms with E-state index in [4.69, 9.17) is 10.5 Å². The van der Waals surface area contributed by atoms with Gasteiger partial charge in [-0.2, -0.15) is 0 Å². The van der Waals surface area contributed by atoms with Crippen LogP contribution in [0.3, 0.4) is 0 Å². The summed E-state index contributed by atoms with van der Waals surface area (Å²) in [6.45, 7) is 0.431. The highest BCUT2D eigenvalue weighted by Crippen LogP contribution is 2.38. The number of amides is 1. The van der Waals surface area contributed by atoms with Crippen LogP contribution >= 0.6 is 0 Å². The molecule has 2 rings (SSSR count). The number of carbonyl (C=O) groups is 1. The first-order valence-electron chi connectivity index (χ1n) is 7.25. The van der Waals surface area contributed by atoms with Crippen LogP contribution in [0, 0.1) is 5.41 Å². The van der Waals surface area contributed by atoms with E-state index in [-0.39, 0.29) is 11.3 Å². The van der Waals surface area contributed by atoms with Crippen molar-refractivity contribution in [1.82, 2.24) is 0 Å². The minimum atomic E-state index is -0.379. The Bertz CT molecular complexity index is 467. The van der Waals surface area contributed by atoms with Crippen LogP contribution in [0.5, 0.6) is 5.75 Å². The van der Waals surface area contributed by atoms with Crippen LogP contribution in [-0.4, -0.2) is 26.6 Å². The van der Waals surface area contributed by atoms with Crippen LogP contribution < -0.4 is 15.4 Å². The summed E-state index contributed by atoms with van der Waals surface area (Å²) < 4.78 is 5.22. The number of hydrogen-bond donors (Lipinski definition) is 1. The van der Waals surface area contributed by atoms with Crippen LogP contribution in [0.4, 0.5) is 5.69 Å². The highest BCUT2D eigenvalue weighted by atomic mass is 16.5. The molecule has 0 spiro atoms. The number of ether oxygens (including phenoxy) is 1. The fourth-order valence-corrected chi connectivity index (χ4v) is 3.03. The van der Waals surface area contributed by atoms with Gasteiger partial charge in [-0.1, -0.05) is 25.3 Å². The van der Waals surface area contributed by atoms with Gasteiger partial charge in [0, 0.05) is 25.3 Å². The smallest absolute Gasteiger partial charge is 0.234 e. The van der Waals surface area contributed by atoms with E-state index >= 15 is 0 Å². The lowest BCUT2D eigenvalue weighted by atomic mass is 9.73. The number of nitrogens with two attached hydrogens (primary N) is 1. The average molecular weight is 276 g/mol. The normalized spacial score (nSPS) is 17.6. The van der Waals surface area contributed by atoms with E-state index in [0.717, 1.165) is 37.1 Å². The Morgan fingerprint density at radius 2 is 2.05 bits per heavy atom. The molecule has 1 fully saturated rings. The predicted molar refractivity (Wildman–Crippen MR) is 81.0 cm³/mol. The molecule has 1 aliphatic rings. The van der Waals surface area contributed by atoms with E-state index in [1.165, 1.54) is 6.42 Å². The summed E-state index contributed by atoms with van der Waals surface area (Å²) in [5, 5.41) is 0. The van der Waals surface area contributed by atoms with Crippen molar-refractivity contribution in [2.24, 2.45) is 11.1 Å². The molecule has 0 saturated heterocycles. The fourth-order valence-electron chi connectivity index (χ4n) is 3.03. The van der Waals surface area contributed by atoms with Gasteiger partial charge in [0.2, 0.25) is 5.91 Å². The fraction of sp³-hybridized carbons (Fsp3) is 0.562. The van der Waals surface area contributed by atoms with Crippen molar-refractivity contribution in [1.29, 1.82) is 0 Å². The van der Waals surface area contributed by atoms with Gasteiger partial charge in [0.25, 0.3) is 0 Å². The summed E-state index contributed by atoms with van der Waals surface area (Å²) in [4.78, 5) is 14.6. The van der Waals surface area contributed by atoms with Gasteiger partial charge in [0.05, 0.1) is 12.5 Å². The van der Waals surface area contributed by atoms with Crippen molar-refractivity contribution in [3.63, 3.8) is 0 Å². The summed E-state index contributed by atoms with van der Waals surface area (Å²) in [5.74, 6) is 0.889. The standard InChI is InChI=1S/C16H24N2O2/c1-18(13-7-6-8-14(11-13)20-2)15(19)16(12-17)9-4-3-5-10-16/h6-8,11H,3-5,9-10,12,17H2,1-2H3. The van der Waals surface area contributed by atoms with Crippen molar-refractivity contribution in [3.05, 3.63) is 24.3 Å². The predicted octanol–water partition coefficient (Wildman–Crippen LogP) is 2.57. The minimum absolute atomic E-state index is 0.132. The number of rotatable bonds is 4. The largest absolute Gasteiger partial charge is 0.497 e. The van der Waals surface area contributed by atoms with Gasteiger partial charge in [-0.25, -0.2) is 0 Å². The molecular formula is C16H24N2O2. The highest BCUT2D eigenvalue weighted by Gasteiger charge is 2.40. The Labute approximate surface area is 120 Å². The maximum atomic E-state index is 12.9. The molecule has 0 atom stereocenters. The van der Waals surface area contributed by atoms with Gasteiger partial charge in [0.1, 0.15) is 5.75 Å². The van der Waals surface area contributed by atoms with Crippen LogP contribution in [-0.2, 0) is 4.79 Å². The zero-order valence-corrected chi connectivity index (χ0v) is 12.4. The Hall–Kier alpha value is -1.55. The van der Waals surface area contributed by atoms with Gasteiger partial charge in [-0.05, 0) is 25.0 Å². The summed E-state index contributed by atoms with van der Waals surface area (Å²) >= 11 is 0. The topological polar surface area (TPSA) is 55.6 Å². The molecule has 2 N–H and O–H groups in total. The van der Waals surface area contributed by atoms with E-state index in [1.54, 1.807) is 12.0 Å². The van der Waals surface area contributed by atoms with Crippen molar-refractivity contribution in [2.75, 3.05) is 25.6 Å². The first kappa shape index (κ1) is 14.9. The van der Waals surface area contributed by atoms with E-state index in [0.29, 0.717) is 6.54 Å². The zero-order valence-electron chi connectivity index (χ0n) is 12.4. The number of methoxy groups -OCH3 is 1. The number of carbonyl (C=O) groups excluding carboxylic acids is 1. The number of benzene rings is 1. The molecule has 20 heavy (non-hydrogen) atoms. The van der Waals surface area contributed by atoms with Gasteiger partial charge in [0.15, 0.2) is 0 Å². The molecule has 110 valence electrons. The maximum Gasteiger partial charge on any atom is 0.234 e. The van der Waals surface area contributed by atoms with Crippen molar-refractivity contribution >= 4 is 11.6 Å². The van der Waals surface area contributed by atoms with E-state index in [2.05, 4.69) is 0 Å². The molecule has 1 saturated carbocycles. The molecule has 1 aromatic carbocycles. The van der Waals surface area contributed by atoms with E-state index in [9.17, 15) is 4.79 Å². The maximum absolute atomic E-state index is 12.9. The zero-order chi connectivity index (χ0) is 14.6. The summed E-state index contributed by atoms with van der Waals surface area (Å²) in [5.41, 5.74) is 6.41. The molecular weight excluding hydrogens is 252 g/mol. The van der Waals surface area contributed by atoms with Crippen molar-refractivity contribution < 1.29 is 9.53 Å². The average Bonchev–Trinajstić information content (AvgIpc) is 2.54. The van der Waals surface area contributed by atoms with E-state index < -0.39 is 0 Å². The minimum Gasteiger partial charge on any atom is -0.497 e. The molecule has 1 amide bonds. The summed E-state index contributed by atoms with van der Waals surface area (Å²) in [7, 11) is 3.45. The third-order valence-corrected chi connectivity index (χ3v) is 4.40. The quantitative estimate of drug-likeness (QED) is 0.919. The summed E-state index contributed by atoms with van der Waals surface area (Å²) in [6, 6.07) is 7.58. The van der Waals surface area contributed by atoms with Crippen molar-refractivity contribution in [3.8, 4) is 5.75 Å². The van der Waals surface area contributed by atoms with Crippen LogP contribution in [0.2, 0.25) is 0 Å². The number of hydrogen-bond acceptors (Lipinski definition) is 3. The lowest BCUT2D eigenvalue weighted by Crippen LogP contribution is -2.48. The summed E-state index contributed by atoms with van der Waals surface area (Å²) in [6.07, 6.45) is 5.19.